The fourth-order valence-electron chi connectivity index (χ4n) is 1.71. The smallest absolute Gasteiger partial charge is 0.283 e. The van der Waals surface area contributed by atoms with Crippen molar-refractivity contribution in [2.24, 2.45) is 4.40 Å². The van der Waals surface area contributed by atoms with Crippen LogP contribution in [-0.4, -0.2) is 24.8 Å². The number of Topliss-reactive ketones (excluding diaryl/α,β-unsaturated/α-hetero) is 1. The zero-order valence-corrected chi connectivity index (χ0v) is 13.6. The number of hydrogen-bond acceptors (Lipinski definition) is 5. The maximum Gasteiger partial charge on any atom is 0.283 e. The summed E-state index contributed by atoms with van der Waals surface area (Å²) in [6, 6.07) is 4.60. The summed E-state index contributed by atoms with van der Waals surface area (Å²) in [6.07, 6.45) is 2.62. The number of sulfonamides is 1. The molecule has 0 fully saturated rings. The lowest BCUT2D eigenvalue weighted by Gasteiger charge is -2.07. The first-order valence-corrected chi connectivity index (χ1v) is 8.13. The van der Waals surface area contributed by atoms with Gasteiger partial charge >= 0.3 is 0 Å². The number of allylic oxidation sites excluding steroid dienone is 4. The first-order valence-electron chi connectivity index (χ1n) is 5.90. The van der Waals surface area contributed by atoms with E-state index in [-0.39, 0.29) is 26.6 Å². The molecule has 1 aromatic carbocycles. The number of nitro benzene ring substituents is 1. The minimum atomic E-state index is -4.12. The van der Waals surface area contributed by atoms with E-state index in [9.17, 15) is 23.3 Å². The molecular formula is C13H9BrN2O5S. The van der Waals surface area contributed by atoms with Gasteiger partial charge in [-0.1, -0.05) is 6.07 Å². The van der Waals surface area contributed by atoms with Crippen molar-refractivity contribution in [3.8, 4) is 0 Å². The summed E-state index contributed by atoms with van der Waals surface area (Å²) in [7, 11) is -4.12. The number of non-ortho nitro benzene ring substituents is 1. The van der Waals surface area contributed by atoms with Gasteiger partial charge in [-0.25, -0.2) is 0 Å². The number of rotatable bonds is 3. The Bertz CT molecular complexity index is 844. The Balaban J connectivity index is 2.48. The molecule has 0 aromatic heterocycles. The summed E-state index contributed by atoms with van der Waals surface area (Å²) >= 11 is 3.03. The van der Waals surface area contributed by atoms with Gasteiger partial charge in [0.2, 0.25) is 0 Å². The van der Waals surface area contributed by atoms with Gasteiger partial charge in [0, 0.05) is 12.1 Å². The number of halogens is 1. The van der Waals surface area contributed by atoms with Crippen molar-refractivity contribution >= 4 is 43.1 Å². The van der Waals surface area contributed by atoms with E-state index in [1.165, 1.54) is 37.3 Å². The van der Waals surface area contributed by atoms with Gasteiger partial charge in [0.05, 0.1) is 20.0 Å². The van der Waals surface area contributed by atoms with Gasteiger partial charge < -0.3 is 0 Å². The average molecular weight is 385 g/mol. The van der Waals surface area contributed by atoms with Gasteiger partial charge in [-0.05, 0) is 46.6 Å². The lowest BCUT2D eigenvalue weighted by molar-refractivity contribution is -0.385. The normalized spacial score (nSPS) is 17.2. The van der Waals surface area contributed by atoms with Crippen molar-refractivity contribution in [3.63, 3.8) is 0 Å². The molecule has 7 nitrogen and oxygen atoms in total. The minimum Gasteiger partial charge on any atom is -0.288 e. The highest BCUT2D eigenvalue weighted by atomic mass is 79.9. The Morgan fingerprint density at radius 3 is 2.55 bits per heavy atom. The lowest BCUT2D eigenvalue weighted by Crippen LogP contribution is -2.11. The summed E-state index contributed by atoms with van der Waals surface area (Å²) in [5.41, 5.74) is 0.0568. The zero-order valence-electron chi connectivity index (χ0n) is 11.2. The van der Waals surface area contributed by atoms with Crippen LogP contribution in [0.2, 0.25) is 0 Å². The topological polar surface area (TPSA) is 107 Å². The predicted molar refractivity (Wildman–Crippen MR) is 83.5 cm³/mol. The van der Waals surface area contributed by atoms with Crippen LogP contribution in [0.1, 0.15) is 6.92 Å². The van der Waals surface area contributed by atoms with Gasteiger partial charge in [0.15, 0.2) is 5.78 Å². The molecule has 1 aliphatic rings. The maximum absolute atomic E-state index is 12.2. The fraction of sp³-hybridized carbons (Fsp3) is 0.0769. The van der Waals surface area contributed by atoms with Crippen LogP contribution in [-0.2, 0) is 14.8 Å². The number of nitrogens with zero attached hydrogens (tertiary/aromatic N) is 2. The van der Waals surface area contributed by atoms with E-state index in [2.05, 4.69) is 20.3 Å². The molecule has 0 saturated carbocycles. The molecule has 0 unspecified atom stereocenters. The van der Waals surface area contributed by atoms with Crippen molar-refractivity contribution < 1.29 is 18.1 Å². The van der Waals surface area contributed by atoms with E-state index >= 15 is 0 Å². The molecule has 1 aliphatic carbocycles. The standard InChI is InChI=1S/C13H9BrN2O5S/c1-8-5-9(6-12(14)13(8)17)15-22(20,21)11-4-2-3-10(7-11)16(18)19/h2-7H,1H3/b15-9+. The number of ketones is 1. The molecule has 0 radical (unpaired) electrons. The summed E-state index contributed by atoms with van der Waals surface area (Å²) < 4.78 is 28.2. The van der Waals surface area contributed by atoms with Crippen molar-refractivity contribution in [1.82, 2.24) is 0 Å². The Labute approximate surface area is 134 Å². The zero-order chi connectivity index (χ0) is 16.5. The molecule has 2 rings (SSSR count). The van der Waals surface area contributed by atoms with Crippen molar-refractivity contribution in [1.29, 1.82) is 0 Å². The highest BCUT2D eigenvalue weighted by Crippen LogP contribution is 2.22. The molecule has 0 amide bonds. The van der Waals surface area contributed by atoms with Crippen molar-refractivity contribution in [2.45, 2.75) is 11.8 Å². The molecule has 0 atom stereocenters. The molecule has 0 bridgehead atoms. The first-order chi connectivity index (χ1) is 10.2. The van der Waals surface area contributed by atoms with Crippen LogP contribution < -0.4 is 0 Å². The molecule has 22 heavy (non-hydrogen) atoms. The largest absolute Gasteiger partial charge is 0.288 e. The van der Waals surface area contributed by atoms with Gasteiger partial charge in [-0.3, -0.25) is 14.9 Å². The summed E-state index contributed by atoms with van der Waals surface area (Å²) in [6.45, 7) is 1.53. The molecule has 0 heterocycles. The van der Waals surface area contributed by atoms with Crippen molar-refractivity contribution in [2.75, 3.05) is 0 Å². The van der Waals surface area contributed by atoms with Gasteiger partial charge in [-0.2, -0.15) is 12.8 Å². The van der Waals surface area contributed by atoms with E-state index < -0.39 is 14.9 Å². The van der Waals surface area contributed by atoms with Crippen LogP contribution >= 0.6 is 15.9 Å². The van der Waals surface area contributed by atoms with Crippen LogP contribution in [0.25, 0.3) is 0 Å². The van der Waals surface area contributed by atoms with Crippen LogP contribution in [0, 0.1) is 10.1 Å². The molecule has 0 aliphatic heterocycles. The average Bonchev–Trinajstić information content (AvgIpc) is 2.44. The summed E-state index contributed by atoms with van der Waals surface area (Å²) in [5.74, 6) is -0.258. The minimum absolute atomic E-state index is 0.0653. The molecule has 0 N–H and O–H groups in total. The quantitative estimate of drug-likeness (QED) is 0.452. The first kappa shape index (κ1) is 16.2. The third-order valence-corrected chi connectivity index (χ3v) is 4.66. The second-order valence-corrected chi connectivity index (χ2v) is 6.85. The van der Waals surface area contributed by atoms with Gasteiger partial charge in [0.1, 0.15) is 0 Å². The molecular weight excluding hydrogens is 376 g/mol. The number of nitro groups is 1. The number of carbonyl (C=O) groups is 1. The fourth-order valence-corrected chi connectivity index (χ4v) is 3.27. The SMILES string of the molecule is CC1=C/C(=N\S(=O)(=O)c2cccc([N+](=O)[O-])c2)C=C(Br)C1=O. The Kier molecular flexibility index (Phi) is 4.38. The predicted octanol–water partition coefficient (Wildman–Crippen LogP) is 2.53. The molecule has 1 aromatic rings. The Morgan fingerprint density at radius 1 is 1.27 bits per heavy atom. The van der Waals surface area contributed by atoms with Gasteiger partial charge in [-0.15, -0.1) is 0 Å². The van der Waals surface area contributed by atoms with Crippen LogP contribution in [0.15, 0.2) is 55.8 Å². The van der Waals surface area contributed by atoms with E-state index in [1.807, 2.05) is 0 Å². The third-order valence-electron chi connectivity index (χ3n) is 2.77. The Morgan fingerprint density at radius 2 is 1.95 bits per heavy atom. The third kappa shape index (κ3) is 3.37. The Hall–Kier alpha value is -2.13. The van der Waals surface area contributed by atoms with Crippen LogP contribution in [0.4, 0.5) is 5.69 Å². The molecule has 0 spiro atoms. The van der Waals surface area contributed by atoms with E-state index in [0.717, 1.165) is 6.07 Å². The number of carbonyl (C=O) groups excluding carboxylic acids is 1. The van der Waals surface area contributed by atoms with Crippen LogP contribution in [0.3, 0.4) is 0 Å². The van der Waals surface area contributed by atoms with Crippen molar-refractivity contribution in [3.05, 3.63) is 56.6 Å². The van der Waals surface area contributed by atoms with Crippen LogP contribution in [0.5, 0.6) is 0 Å². The molecule has 0 saturated heterocycles. The molecule has 114 valence electrons. The monoisotopic (exact) mass is 384 g/mol. The van der Waals surface area contributed by atoms with E-state index in [4.69, 9.17) is 0 Å². The highest BCUT2D eigenvalue weighted by molar-refractivity contribution is 9.12. The van der Waals surface area contributed by atoms with E-state index in [0.29, 0.717) is 5.57 Å². The van der Waals surface area contributed by atoms with Gasteiger partial charge in [0.25, 0.3) is 15.7 Å². The second kappa shape index (κ2) is 5.93. The summed E-state index contributed by atoms with van der Waals surface area (Å²) in [4.78, 5) is 21.3. The lowest BCUT2D eigenvalue weighted by atomic mass is 10.1. The van der Waals surface area contributed by atoms with E-state index in [1.54, 1.807) is 0 Å². The highest BCUT2D eigenvalue weighted by Gasteiger charge is 2.20. The number of hydrogen-bond donors (Lipinski definition) is 0. The number of benzene rings is 1. The maximum atomic E-state index is 12.2. The molecule has 9 heteroatoms. The second-order valence-electron chi connectivity index (χ2n) is 4.39. The summed E-state index contributed by atoms with van der Waals surface area (Å²) in [5, 5.41) is 10.7.